The molecular weight excluding hydrogens is 238 g/mol. The number of hydrogen-bond acceptors (Lipinski definition) is 2. The number of hydrogen-bond donors (Lipinski definition) is 1. The maximum atomic E-state index is 12.2. The number of nitrogens with one attached hydrogen (secondary N) is 1. The number of likely N-dealkylation sites (tertiary alicyclic amines) is 1. The van der Waals surface area contributed by atoms with E-state index in [0.717, 1.165) is 37.2 Å². The Kier molecular flexibility index (Phi) is 4.43. The number of aryl methyl sites for hydroxylation is 1. The summed E-state index contributed by atoms with van der Waals surface area (Å²) >= 11 is 0. The van der Waals surface area contributed by atoms with Gasteiger partial charge in [-0.15, -0.1) is 0 Å². The largest absolute Gasteiger partial charge is 0.325 e. The Balaban J connectivity index is 1.94. The number of para-hydroxylation sites is 1. The maximum absolute atomic E-state index is 12.2. The van der Waals surface area contributed by atoms with Gasteiger partial charge in [0, 0.05) is 18.8 Å². The van der Waals surface area contributed by atoms with Gasteiger partial charge < -0.3 is 15.1 Å². The summed E-state index contributed by atoms with van der Waals surface area (Å²) in [5.41, 5.74) is 1.99. The van der Waals surface area contributed by atoms with Crippen LogP contribution in [0.4, 0.5) is 10.5 Å². The van der Waals surface area contributed by atoms with Crippen molar-refractivity contribution < 1.29 is 4.79 Å². The Morgan fingerprint density at radius 1 is 1.32 bits per heavy atom. The molecule has 0 bridgehead atoms. The molecule has 0 unspecified atom stereocenters. The van der Waals surface area contributed by atoms with E-state index in [-0.39, 0.29) is 6.03 Å². The van der Waals surface area contributed by atoms with Crippen LogP contribution in [0.1, 0.15) is 18.4 Å². The molecule has 0 saturated carbocycles. The van der Waals surface area contributed by atoms with Crippen molar-refractivity contribution in [3.63, 3.8) is 0 Å². The molecule has 104 valence electrons. The molecule has 4 heteroatoms. The Hall–Kier alpha value is -1.55. The number of nitrogens with zero attached hydrogens (tertiary/aromatic N) is 2. The molecule has 0 aliphatic carbocycles. The highest BCUT2D eigenvalue weighted by molar-refractivity contribution is 5.90. The van der Waals surface area contributed by atoms with E-state index < -0.39 is 0 Å². The first-order chi connectivity index (χ1) is 9.08. The first kappa shape index (κ1) is 13.9. The molecule has 1 aromatic rings. The van der Waals surface area contributed by atoms with Gasteiger partial charge in [-0.05, 0) is 51.5 Å². The topological polar surface area (TPSA) is 35.6 Å². The second-order valence-electron chi connectivity index (χ2n) is 5.39. The molecule has 0 spiro atoms. The van der Waals surface area contributed by atoms with Crippen LogP contribution in [0.5, 0.6) is 0 Å². The van der Waals surface area contributed by atoms with Crippen LogP contribution in [0.2, 0.25) is 0 Å². The molecule has 1 aliphatic heterocycles. The van der Waals surface area contributed by atoms with Gasteiger partial charge in [0.25, 0.3) is 0 Å². The summed E-state index contributed by atoms with van der Waals surface area (Å²) in [7, 11) is 4.02. The SMILES string of the molecule is Cc1ccccc1NC(=O)N(C)C1CCN(C)CC1. The van der Waals surface area contributed by atoms with E-state index in [1.165, 1.54) is 0 Å². The minimum atomic E-state index is -0.0103. The smallest absolute Gasteiger partial charge is 0.321 e. The van der Waals surface area contributed by atoms with Crippen LogP contribution < -0.4 is 5.32 Å². The second kappa shape index (κ2) is 6.06. The Bertz CT molecular complexity index is 439. The molecule has 1 N–H and O–H groups in total. The van der Waals surface area contributed by atoms with E-state index in [0.29, 0.717) is 6.04 Å². The maximum Gasteiger partial charge on any atom is 0.321 e. The normalized spacial score (nSPS) is 17.2. The van der Waals surface area contributed by atoms with Crippen LogP contribution in [0, 0.1) is 6.92 Å². The van der Waals surface area contributed by atoms with E-state index in [2.05, 4.69) is 17.3 Å². The highest BCUT2D eigenvalue weighted by atomic mass is 16.2. The minimum absolute atomic E-state index is 0.0103. The summed E-state index contributed by atoms with van der Waals surface area (Å²) in [4.78, 5) is 16.4. The van der Waals surface area contributed by atoms with Gasteiger partial charge in [-0.2, -0.15) is 0 Å². The predicted molar refractivity (Wildman–Crippen MR) is 78.5 cm³/mol. The number of benzene rings is 1. The van der Waals surface area contributed by atoms with Crippen molar-refractivity contribution in [1.82, 2.24) is 9.80 Å². The zero-order chi connectivity index (χ0) is 13.8. The monoisotopic (exact) mass is 261 g/mol. The molecule has 4 nitrogen and oxygen atoms in total. The van der Waals surface area contributed by atoms with E-state index >= 15 is 0 Å². The fourth-order valence-electron chi connectivity index (χ4n) is 2.46. The number of rotatable bonds is 2. The molecule has 0 radical (unpaired) electrons. The standard InChI is InChI=1S/C15H23N3O/c1-12-6-4-5-7-14(12)16-15(19)18(3)13-8-10-17(2)11-9-13/h4-7,13H,8-11H2,1-3H3,(H,16,19). The van der Waals surface area contributed by atoms with Crippen LogP contribution in [-0.2, 0) is 0 Å². The quantitative estimate of drug-likeness (QED) is 0.888. The molecule has 2 rings (SSSR count). The van der Waals surface area contributed by atoms with E-state index in [4.69, 9.17) is 0 Å². The van der Waals surface area contributed by atoms with Crippen molar-refractivity contribution in [2.75, 3.05) is 32.5 Å². The lowest BCUT2D eigenvalue weighted by atomic mass is 10.0. The zero-order valence-corrected chi connectivity index (χ0v) is 12.0. The lowest BCUT2D eigenvalue weighted by molar-refractivity contribution is 0.156. The van der Waals surface area contributed by atoms with Gasteiger partial charge in [0.1, 0.15) is 0 Å². The molecule has 1 fully saturated rings. The molecule has 19 heavy (non-hydrogen) atoms. The lowest BCUT2D eigenvalue weighted by Crippen LogP contribution is -2.46. The van der Waals surface area contributed by atoms with Gasteiger partial charge in [-0.3, -0.25) is 0 Å². The average molecular weight is 261 g/mol. The molecule has 1 heterocycles. The van der Waals surface area contributed by atoms with Gasteiger partial charge in [0.15, 0.2) is 0 Å². The van der Waals surface area contributed by atoms with Crippen LogP contribution in [0.3, 0.4) is 0 Å². The van der Waals surface area contributed by atoms with Crippen molar-refractivity contribution in [2.24, 2.45) is 0 Å². The first-order valence-corrected chi connectivity index (χ1v) is 6.86. The predicted octanol–water partition coefficient (Wildman–Crippen LogP) is 2.55. The summed E-state index contributed by atoms with van der Waals surface area (Å²) in [6, 6.07) is 8.20. The van der Waals surface area contributed by atoms with Gasteiger partial charge in [-0.25, -0.2) is 4.79 Å². The van der Waals surface area contributed by atoms with Crippen molar-refractivity contribution in [3.8, 4) is 0 Å². The third kappa shape index (κ3) is 3.47. The Labute approximate surface area is 115 Å². The van der Waals surface area contributed by atoms with Gasteiger partial charge in [-0.1, -0.05) is 18.2 Å². The average Bonchev–Trinajstić information content (AvgIpc) is 2.41. The van der Waals surface area contributed by atoms with Gasteiger partial charge in [0.2, 0.25) is 0 Å². The summed E-state index contributed by atoms with van der Waals surface area (Å²) in [5.74, 6) is 0. The van der Waals surface area contributed by atoms with Crippen molar-refractivity contribution in [2.45, 2.75) is 25.8 Å². The van der Waals surface area contributed by atoms with Crippen LogP contribution in [-0.4, -0.2) is 49.1 Å². The molecular formula is C15H23N3O. The number of anilines is 1. The fourth-order valence-corrected chi connectivity index (χ4v) is 2.46. The van der Waals surface area contributed by atoms with Crippen LogP contribution in [0.25, 0.3) is 0 Å². The van der Waals surface area contributed by atoms with E-state index in [9.17, 15) is 4.79 Å². The first-order valence-electron chi connectivity index (χ1n) is 6.86. The third-order valence-electron chi connectivity index (χ3n) is 3.94. The third-order valence-corrected chi connectivity index (χ3v) is 3.94. The second-order valence-corrected chi connectivity index (χ2v) is 5.39. The number of carbonyl (C=O) groups is 1. The van der Waals surface area contributed by atoms with Crippen molar-refractivity contribution >= 4 is 11.7 Å². The highest BCUT2D eigenvalue weighted by Crippen LogP contribution is 2.17. The molecule has 1 aliphatic rings. The molecule has 0 aromatic heterocycles. The molecule has 1 aromatic carbocycles. The fraction of sp³-hybridized carbons (Fsp3) is 0.533. The minimum Gasteiger partial charge on any atom is -0.325 e. The Morgan fingerprint density at radius 2 is 1.95 bits per heavy atom. The lowest BCUT2D eigenvalue weighted by Gasteiger charge is -2.35. The number of carbonyl (C=O) groups excluding carboxylic acids is 1. The van der Waals surface area contributed by atoms with Crippen LogP contribution >= 0.6 is 0 Å². The van der Waals surface area contributed by atoms with E-state index in [1.54, 1.807) is 0 Å². The molecule has 0 atom stereocenters. The van der Waals surface area contributed by atoms with Gasteiger partial charge >= 0.3 is 6.03 Å². The zero-order valence-electron chi connectivity index (χ0n) is 12.0. The number of amides is 2. The highest BCUT2D eigenvalue weighted by Gasteiger charge is 2.24. The van der Waals surface area contributed by atoms with E-state index in [1.807, 2.05) is 43.1 Å². The molecule has 1 saturated heterocycles. The number of piperidine rings is 1. The number of urea groups is 1. The van der Waals surface area contributed by atoms with Gasteiger partial charge in [0.05, 0.1) is 0 Å². The molecule has 2 amide bonds. The summed E-state index contributed by atoms with van der Waals surface area (Å²) in [6.45, 7) is 4.13. The summed E-state index contributed by atoms with van der Waals surface area (Å²) < 4.78 is 0. The summed E-state index contributed by atoms with van der Waals surface area (Å²) in [5, 5.41) is 2.99. The Morgan fingerprint density at radius 3 is 2.58 bits per heavy atom. The van der Waals surface area contributed by atoms with Crippen LogP contribution in [0.15, 0.2) is 24.3 Å². The van der Waals surface area contributed by atoms with Crippen molar-refractivity contribution in [1.29, 1.82) is 0 Å². The summed E-state index contributed by atoms with van der Waals surface area (Å²) in [6.07, 6.45) is 2.10. The van der Waals surface area contributed by atoms with Crippen molar-refractivity contribution in [3.05, 3.63) is 29.8 Å².